The Bertz CT molecular complexity index is 555. The van der Waals surface area contributed by atoms with Crippen LogP contribution in [0.25, 0.3) is 0 Å². The SMILES string of the molecule is CN(C)C(=O)CN=C(NCCCN1CCOCC1)NCCCn1ccnn1. The number of rotatable bonds is 10. The van der Waals surface area contributed by atoms with Crippen molar-refractivity contribution in [1.82, 2.24) is 35.4 Å². The minimum absolute atomic E-state index is 0.0213. The first kappa shape index (κ1) is 21.1. The molecule has 1 fully saturated rings. The van der Waals surface area contributed by atoms with Crippen LogP contribution in [0.1, 0.15) is 12.8 Å². The van der Waals surface area contributed by atoms with Crippen molar-refractivity contribution in [3.05, 3.63) is 12.4 Å². The molecule has 27 heavy (non-hydrogen) atoms. The molecule has 1 aliphatic heterocycles. The molecule has 1 aromatic rings. The maximum Gasteiger partial charge on any atom is 0.243 e. The Morgan fingerprint density at radius 1 is 1.19 bits per heavy atom. The van der Waals surface area contributed by atoms with Gasteiger partial charge in [0, 0.05) is 53.0 Å². The number of guanidine groups is 1. The first-order valence-electron chi connectivity index (χ1n) is 9.51. The fourth-order valence-electron chi connectivity index (χ4n) is 2.60. The van der Waals surface area contributed by atoms with Gasteiger partial charge in [-0.1, -0.05) is 5.21 Å². The van der Waals surface area contributed by atoms with Crippen molar-refractivity contribution < 1.29 is 9.53 Å². The number of likely N-dealkylation sites (N-methyl/N-ethyl adjacent to an activating group) is 1. The molecule has 1 amide bonds. The molecule has 0 radical (unpaired) electrons. The number of hydrogen-bond donors (Lipinski definition) is 2. The second-order valence-corrected chi connectivity index (χ2v) is 6.63. The third-order valence-electron chi connectivity index (χ3n) is 4.25. The van der Waals surface area contributed by atoms with Crippen LogP contribution in [0.15, 0.2) is 17.4 Å². The average Bonchev–Trinajstić information content (AvgIpc) is 3.19. The summed E-state index contributed by atoms with van der Waals surface area (Å²) in [5.41, 5.74) is 0. The van der Waals surface area contributed by atoms with E-state index in [-0.39, 0.29) is 12.5 Å². The second kappa shape index (κ2) is 12.2. The summed E-state index contributed by atoms with van der Waals surface area (Å²) in [4.78, 5) is 20.1. The summed E-state index contributed by atoms with van der Waals surface area (Å²) in [7, 11) is 3.47. The zero-order chi connectivity index (χ0) is 19.3. The molecule has 10 heteroatoms. The summed E-state index contributed by atoms with van der Waals surface area (Å²) in [6.45, 7) is 7.14. The number of aromatic nitrogens is 3. The van der Waals surface area contributed by atoms with Gasteiger partial charge in [0.15, 0.2) is 5.96 Å². The second-order valence-electron chi connectivity index (χ2n) is 6.63. The van der Waals surface area contributed by atoms with Crippen LogP contribution >= 0.6 is 0 Å². The van der Waals surface area contributed by atoms with Crippen LogP contribution < -0.4 is 10.6 Å². The standard InChI is InChI=1S/C17H32N8O2/c1-23(2)16(26)15-20-17(19-6-4-9-25-10-7-21-22-25)18-5-3-8-24-11-13-27-14-12-24/h7,10H,3-6,8-9,11-15H2,1-2H3,(H2,18,19,20). The molecular weight excluding hydrogens is 348 g/mol. The van der Waals surface area contributed by atoms with E-state index in [0.29, 0.717) is 5.96 Å². The monoisotopic (exact) mass is 380 g/mol. The van der Waals surface area contributed by atoms with Crippen LogP contribution in [0.2, 0.25) is 0 Å². The van der Waals surface area contributed by atoms with Gasteiger partial charge in [-0.15, -0.1) is 5.10 Å². The number of hydrogen-bond acceptors (Lipinski definition) is 6. The minimum Gasteiger partial charge on any atom is -0.379 e. The van der Waals surface area contributed by atoms with Gasteiger partial charge in [0.25, 0.3) is 0 Å². The lowest BCUT2D eigenvalue weighted by Crippen LogP contribution is -2.41. The van der Waals surface area contributed by atoms with Crippen molar-refractivity contribution in [3.8, 4) is 0 Å². The number of aryl methyl sites for hydroxylation is 1. The third kappa shape index (κ3) is 8.83. The topological polar surface area (TPSA) is 99.9 Å². The number of morpholine rings is 1. The first-order chi connectivity index (χ1) is 13.1. The molecule has 1 aromatic heterocycles. The van der Waals surface area contributed by atoms with Crippen LogP contribution in [0.4, 0.5) is 0 Å². The molecule has 1 aliphatic rings. The molecule has 2 heterocycles. The number of carbonyl (C=O) groups is 1. The Labute approximate surface area is 160 Å². The van der Waals surface area contributed by atoms with Crippen LogP contribution in [-0.2, 0) is 16.1 Å². The Kier molecular flexibility index (Phi) is 9.56. The molecule has 1 saturated heterocycles. The number of aliphatic imine (C=N–C) groups is 1. The van der Waals surface area contributed by atoms with Crippen molar-refractivity contribution in [2.75, 3.05) is 66.6 Å². The highest BCUT2D eigenvalue weighted by Gasteiger charge is 2.09. The number of carbonyl (C=O) groups excluding carboxylic acids is 1. The van der Waals surface area contributed by atoms with E-state index in [1.54, 1.807) is 29.9 Å². The van der Waals surface area contributed by atoms with Crippen molar-refractivity contribution in [3.63, 3.8) is 0 Å². The van der Waals surface area contributed by atoms with Gasteiger partial charge in [0.1, 0.15) is 6.54 Å². The molecule has 2 rings (SSSR count). The first-order valence-corrected chi connectivity index (χ1v) is 9.51. The Hall–Kier alpha value is -2.20. The Balaban J connectivity index is 1.70. The van der Waals surface area contributed by atoms with Crippen molar-refractivity contribution in [2.24, 2.45) is 4.99 Å². The predicted octanol–water partition coefficient (Wildman–Crippen LogP) is -0.986. The maximum absolute atomic E-state index is 11.8. The summed E-state index contributed by atoms with van der Waals surface area (Å²) in [5, 5.41) is 14.3. The molecule has 0 spiro atoms. The summed E-state index contributed by atoms with van der Waals surface area (Å²) in [5.74, 6) is 0.651. The van der Waals surface area contributed by atoms with Gasteiger partial charge in [-0.2, -0.15) is 0 Å². The van der Waals surface area contributed by atoms with E-state index in [4.69, 9.17) is 4.74 Å². The lowest BCUT2D eigenvalue weighted by atomic mass is 10.3. The molecular formula is C17H32N8O2. The number of amides is 1. The lowest BCUT2D eigenvalue weighted by molar-refractivity contribution is -0.127. The number of nitrogens with zero attached hydrogens (tertiary/aromatic N) is 6. The van der Waals surface area contributed by atoms with E-state index in [9.17, 15) is 4.79 Å². The molecule has 10 nitrogen and oxygen atoms in total. The van der Waals surface area contributed by atoms with E-state index < -0.39 is 0 Å². The molecule has 2 N–H and O–H groups in total. The van der Waals surface area contributed by atoms with Crippen molar-refractivity contribution >= 4 is 11.9 Å². The van der Waals surface area contributed by atoms with E-state index in [0.717, 1.165) is 65.3 Å². The summed E-state index contributed by atoms with van der Waals surface area (Å²) in [6, 6.07) is 0. The van der Waals surface area contributed by atoms with E-state index in [1.807, 2.05) is 6.20 Å². The largest absolute Gasteiger partial charge is 0.379 e. The molecule has 0 aromatic carbocycles. The fourth-order valence-corrected chi connectivity index (χ4v) is 2.60. The summed E-state index contributed by atoms with van der Waals surface area (Å²) < 4.78 is 7.16. The summed E-state index contributed by atoms with van der Waals surface area (Å²) in [6.07, 6.45) is 5.42. The molecule has 0 saturated carbocycles. The van der Waals surface area contributed by atoms with Gasteiger partial charge in [-0.05, 0) is 19.4 Å². The van der Waals surface area contributed by atoms with Crippen LogP contribution in [0.5, 0.6) is 0 Å². The Morgan fingerprint density at radius 2 is 1.89 bits per heavy atom. The highest BCUT2D eigenvalue weighted by atomic mass is 16.5. The molecule has 0 unspecified atom stereocenters. The quantitative estimate of drug-likeness (QED) is 0.306. The molecule has 0 bridgehead atoms. The number of ether oxygens (including phenoxy) is 1. The van der Waals surface area contributed by atoms with Gasteiger partial charge in [0.2, 0.25) is 5.91 Å². The zero-order valence-corrected chi connectivity index (χ0v) is 16.4. The fraction of sp³-hybridized carbons (Fsp3) is 0.765. The van der Waals surface area contributed by atoms with Crippen molar-refractivity contribution in [1.29, 1.82) is 0 Å². The minimum atomic E-state index is -0.0213. The Morgan fingerprint density at radius 3 is 2.52 bits per heavy atom. The predicted molar refractivity (Wildman–Crippen MR) is 104 cm³/mol. The van der Waals surface area contributed by atoms with Gasteiger partial charge in [0.05, 0.1) is 19.4 Å². The van der Waals surface area contributed by atoms with Gasteiger partial charge in [-0.3, -0.25) is 14.4 Å². The van der Waals surface area contributed by atoms with E-state index in [2.05, 4.69) is 30.8 Å². The van der Waals surface area contributed by atoms with Gasteiger partial charge >= 0.3 is 0 Å². The average molecular weight is 380 g/mol. The lowest BCUT2D eigenvalue weighted by Gasteiger charge is -2.26. The van der Waals surface area contributed by atoms with Crippen LogP contribution in [0.3, 0.4) is 0 Å². The van der Waals surface area contributed by atoms with Crippen molar-refractivity contribution in [2.45, 2.75) is 19.4 Å². The summed E-state index contributed by atoms with van der Waals surface area (Å²) >= 11 is 0. The highest BCUT2D eigenvalue weighted by Crippen LogP contribution is 1.97. The molecule has 152 valence electrons. The smallest absolute Gasteiger partial charge is 0.243 e. The van der Waals surface area contributed by atoms with Gasteiger partial charge < -0.3 is 20.3 Å². The highest BCUT2D eigenvalue weighted by molar-refractivity contribution is 5.84. The van der Waals surface area contributed by atoms with Gasteiger partial charge in [-0.25, -0.2) is 4.99 Å². The third-order valence-corrected chi connectivity index (χ3v) is 4.25. The van der Waals surface area contributed by atoms with Crippen LogP contribution in [0, 0.1) is 0 Å². The van der Waals surface area contributed by atoms with E-state index in [1.165, 1.54) is 0 Å². The number of nitrogens with one attached hydrogen (secondary N) is 2. The zero-order valence-electron chi connectivity index (χ0n) is 16.4. The molecule has 0 atom stereocenters. The van der Waals surface area contributed by atoms with E-state index >= 15 is 0 Å². The maximum atomic E-state index is 11.8. The normalized spacial score (nSPS) is 15.6. The van der Waals surface area contributed by atoms with Crippen LogP contribution in [-0.4, -0.2) is 103 Å². The molecule has 0 aliphatic carbocycles.